The first-order valence-corrected chi connectivity index (χ1v) is 8.75. The first-order valence-electron chi connectivity index (χ1n) is 8.37. The van der Waals surface area contributed by atoms with E-state index >= 15 is 0 Å². The van der Waals surface area contributed by atoms with Gasteiger partial charge in [0.05, 0.1) is 6.04 Å². The largest absolute Gasteiger partial charge is 0.361 e. The van der Waals surface area contributed by atoms with Gasteiger partial charge in [0.2, 0.25) is 0 Å². The first kappa shape index (κ1) is 16.8. The van der Waals surface area contributed by atoms with Gasteiger partial charge in [0.25, 0.3) is 0 Å². The Bertz CT molecular complexity index is 729. The number of halogens is 1. The van der Waals surface area contributed by atoms with Gasteiger partial charge in [0.15, 0.2) is 0 Å². The minimum Gasteiger partial charge on any atom is -0.361 e. The summed E-state index contributed by atoms with van der Waals surface area (Å²) in [5.74, 6) is 0.880. The van der Waals surface area contributed by atoms with Gasteiger partial charge in [0, 0.05) is 29.7 Å². The summed E-state index contributed by atoms with van der Waals surface area (Å²) in [4.78, 5) is 14.5. The highest BCUT2D eigenvalue weighted by molar-refractivity contribution is 6.31. The number of anilines is 1. The van der Waals surface area contributed by atoms with Crippen LogP contribution in [0.5, 0.6) is 0 Å². The number of carbonyl (C=O) groups is 1. The number of hydrogen-bond donors (Lipinski definition) is 1. The number of nitrogens with zero attached hydrogens (tertiary/aromatic N) is 2. The second kappa shape index (κ2) is 7.26. The van der Waals surface area contributed by atoms with Gasteiger partial charge in [-0.05, 0) is 43.9 Å². The molecule has 6 heteroatoms. The minimum atomic E-state index is -0.127. The van der Waals surface area contributed by atoms with Crippen LogP contribution in [0.1, 0.15) is 49.2 Å². The lowest BCUT2D eigenvalue weighted by atomic mass is 10.1. The van der Waals surface area contributed by atoms with Crippen molar-refractivity contribution >= 4 is 23.3 Å². The SMILES string of the molecule is CCCc1cc([C@H]2CCCN2C(=O)Nc2ccc(C)c(Cl)c2)no1. The Hall–Kier alpha value is -2.01. The third-order valence-electron chi connectivity index (χ3n) is 4.35. The number of aromatic nitrogens is 1. The molecule has 24 heavy (non-hydrogen) atoms. The number of rotatable bonds is 4. The molecule has 3 rings (SSSR count). The zero-order valence-corrected chi connectivity index (χ0v) is 14.8. The Morgan fingerprint density at radius 3 is 3.04 bits per heavy atom. The zero-order chi connectivity index (χ0) is 17.1. The van der Waals surface area contributed by atoms with Gasteiger partial charge < -0.3 is 14.7 Å². The maximum absolute atomic E-state index is 12.6. The van der Waals surface area contributed by atoms with Crippen LogP contribution in [-0.2, 0) is 6.42 Å². The predicted molar refractivity (Wildman–Crippen MR) is 94.4 cm³/mol. The van der Waals surface area contributed by atoms with Crippen LogP contribution in [0.15, 0.2) is 28.8 Å². The number of benzene rings is 1. The van der Waals surface area contributed by atoms with Crippen molar-refractivity contribution in [1.29, 1.82) is 0 Å². The fourth-order valence-electron chi connectivity index (χ4n) is 3.03. The van der Waals surface area contributed by atoms with Crippen LogP contribution in [0.3, 0.4) is 0 Å². The fraction of sp³-hybridized carbons (Fsp3) is 0.444. The number of hydrogen-bond acceptors (Lipinski definition) is 3. The van der Waals surface area contributed by atoms with Crippen molar-refractivity contribution in [1.82, 2.24) is 10.1 Å². The van der Waals surface area contributed by atoms with E-state index in [1.54, 1.807) is 6.07 Å². The van der Waals surface area contributed by atoms with Gasteiger partial charge in [0.1, 0.15) is 11.5 Å². The van der Waals surface area contributed by atoms with E-state index in [4.69, 9.17) is 16.1 Å². The number of aryl methyl sites for hydroxylation is 2. The highest BCUT2D eigenvalue weighted by Gasteiger charge is 2.32. The van der Waals surface area contributed by atoms with Crippen LogP contribution >= 0.6 is 11.6 Å². The van der Waals surface area contributed by atoms with E-state index < -0.39 is 0 Å². The van der Waals surface area contributed by atoms with Gasteiger partial charge in [-0.1, -0.05) is 29.7 Å². The van der Waals surface area contributed by atoms with Crippen LogP contribution < -0.4 is 5.32 Å². The maximum atomic E-state index is 12.6. The summed E-state index contributed by atoms with van der Waals surface area (Å²) in [7, 11) is 0. The molecule has 1 fully saturated rings. The molecule has 1 aliphatic rings. The molecule has 2 heterocycles. The third-order valence-corrected chi connectivity index (χ3v) is 4.76. The summed E-state index contributed by atoms with van der Waals surface area (Å²) in [6, 6.07) is 7.35. The van der Waals surface area contributed by atoms with Crippen molar-refractivity contribution in [2.75, 3.05) is 11.9 Å². The van der Waals surface area contributed by atoms with E-state index in [-0.39, 0.29) is 12.1 Å². The van der Waals surface area contributed by atoms with E-state index in [9.17, 15) is 4.79 Å². The summed E-state index contributed by atoms with van der Waals surface area (Å²) in [5.41, 5.74) is 2.53. The molecule has 0 radical (unpaired) electrons. The Labute approximate surface area is 147 Å². The van der Waals surface area contributed by atoms with Gasteiger partial charge in [-0.3, -0.25) is 0 Å². The van der Waals surface area contributed by atoms with Crippen molar-refractivity contribution in [2.45, 2.75) is 45.6 Å². The van der Waals surface area contributed by atoms with Crippen molar-refractivity contribution in [3.8, 4) is 0 Å². The van der Waals surface area contributed by atoms with Crippen molar-refractivity contribution in [3.63, 3.8) is 0 Å². The molecule has 0 saturated carbocycles. The van der Waals surface area contributed by atoms with Crippen molar-refractivity contribution in [3.05, 3.63) is 46.3 Å². The summed E-state index contributed by atoms with van der Waals surface area (Å²) >= 11 is 6.13. The Morgan fingerprint density at radius 2 is 2.29 bits per heavy atom. The molecule has 1 aromatic carbocycles. The molecule has 1 saturated heterocycles. The molecule has 5 nitrogen and oxygen atoms in total. The van der Waals surface area contributed by atoms with Gasteiger partial charge in [-0.25, -0.2) is 4.79 Å². The molecular weight excluding hydrogens is 326 g/mol. The molecule has 1 aromatic heterocycles. The topological polar surface area (TPSA) is 58.4 Å². The summed E-state index contributed by atoms with van der Waals surface area (Å²) < 4.78 is 5.37. The zero-order valence-electron chi connectivity index (χ0n) is 14.0. The maximum Gasteiger partial charge on any atom is 0.322 e. The average Bonchev–Trinajstić information content (AvgIpc) is 3.20. The second-order valence-corrected chi connectivity index (χ2v) is 6.62. The van der Waals surface area contributed by atoms with Crippen LogP contribution in [-0.4, -0.2) is 22.6 Å². The van der Waals surface area contributed by atoms with E-state index in [0.29, 0.717) is 17.3 Å². The average molecular weight is 348 g/mol. The normalized spacial score (nSPS) is 17.3. The van der Waals surface area contributed by atoms with Crippen LogP contribution in [0.25, 0.3) is 0 Å². The standard InChI is InChI=1S/C18H22ClN3O2/c1-3-5-14-11-16(21-24-14)17-6-4-9-22(17)18(23)20-13-8-7-12(2)15(19)10-13/h7-8,10-11,17H,3-6,9H2,1-2H3,(H,20,23)/t17-/m1/s1. The van der Waals surface area contributed by atoms with Crippen LogP contribution in [0.2, 0.25) is 5.02 Å². The summed E-state index contributed by atoms with van der Waals surface area (Å²) in [6.07, 6.45) is 3.74. The monoisotopic (exact) mass is 347 g/mol. The molecule has 1 aliphatic heterocycles. The Kier molecular flexibility index (Phi) is 5.09. The molecule has 0 unspecified atom stereocenters. The number of carbonyl (C=O) groups excluding carboxylic acids is 1. The lowest BCUT2D eigenvalue weighted by molar-refractivity contribution is 0.204. The van der Waals surface area contributed by atoms with Crippen LogP contribution in [0, 0.1) is 6.92 Å². The third kappa shape index (κ3) is 3.56. The molecule has 0 bridgehead atoms. The van der Waals surface area contributed by atoms with E-state index in [1.165, 1.54) is 0 Å². The lowest BCUT2D eigenvalue weighted by Crippen LogP contribution is -2.34. The Balaban J connectivity index is 1.71. The molecule has 2 aromatic rings. The van der Waals surface area contributed by atoms with Crippen molar-refractivity contribution in [2.24, 2.45) is 0 Å². The summed E-state index contributed by atoms with van der Waals surface area (Å²) in [5, 5.41) is 7.74. The van der Waals surface area contributed by atoms with Crippen LogP contribution in [0.4, 0.5) is 10.5 Å². The molecule has 1 N–H and O–H groups in total. The number of urea groups is 1. The summed E-state index contributed by atoms with van der Waals surface area (Å²) in [6.45, 7) is 4.75. The molecule has 128 valence electrons. The quantitative estimate of drug-likeness (QED) is 0.850. The number of nitrogens with one attached hydrogen (secondary N) is 1. The molecular formula is C18H22ClN3O2. The van der Waals surface area contributed by atoms with E-state index in [2.05, 4.69) is 17.4 Å². The minimum absolute atomic E-state index is 0.0275. The lowest BCUT2D eigenvalue weighted by Gasteiger charge is -2.23. The number of amides is 2. The fourth-order valence-corrected chi connectivity index (χ4v) is 3.21. The number of likely N-dealkylation sites (tertiary alicyclic amines) is 1. The second-order valence-electron chi connectivity index (χ2n) is 6.21. The highest BCUT2D eigenvalue weighted by Crippen LogP contribution is 2.32. The van der Waals surface area contributed by atoms with Gasteiger partial charge in [-0.15, -0.1) is 0 Å². The van der Waals surface area contributed by atoms with E-state index in [1.807, 2.05) is 30.0 Å². The molecule has 1 atom stereocenters. The van der Waals surface area contributed by atoms with E-state index in [0.717, 1.165) is 42.7 Å². The first-order chi connectivity index (χ1) is 11.6. The molecule has 0 spiro atoms. The predicted octanol–water partition coefficient (Wildman–Crippen LogP) is 4.96. The molecule has 2 amide bonds. The Morgan fingerprint density at radius 1 is 1.46 bits per heavy atom. The highest BCUT2D eigenvalue weighted by atomic mass is 35.5. The molecule has 0 aliphatic carbocycles. The van der Waals surface area contributed by atoms with Crippen molar-refractivity contribution < 1.29 is 9.32 Å². The van der Waals surface area contributed by atoms with Gasteiger partial charge in [-0.2, -0.15) is 0 Å². The smallest absolute Gasteiger partial charge is 0.322 e. The van der Waals surface area contributed by atoms with Gasteiger partial charge >= 0.3 is 6.03 Å².